The molecule has 0 bridgehead atoms. The first-order chi connectivity index (χ1) is 21.8. The Morgan fingerprint density at radius 2 is 0.477 bits per heavy atom. The van der Waals surface area contributed by atoms with E-state index in [1.807, 2.05) is 23.5 Å². The standard InChI is InChI=1S/C40H82O2S2/c1-3-5-7-9-11-13-15-17-19-21-23-25-27-29-31-33-35-43-39(37-41)40(38-42)44-36-34-32-30-28-26-24-22-20-18-16-14-12-10-8-6-4-2/h39-42H,3-38H2,1-2H3. The molecule has 2 N–H and O–H groups in total. The molecule has 2 unspecified atom stereocenters. The molecule has 0 saturated carbocycles. The molecule has 0 rings (SSSR count). The summed E-state index contributed by atoms with van der Waals surface area (Å²) in [6, 6.07) is 0. The second-order valence-corrected chi connectivity index (χ2v) is 16.5. The molecular formula is C40H82O2S2. The van der Waals surface area contributed by atoms with Gasteiger partial charge in [0.2, 0.25) is 0 Å². The predicted molar refractivity (Wildman–Crippen MR) is 206 cm³/mol. The topological polar surface area (TPSA) is 40.5 Å². The first kappa shape index (κ1) is 44.6. The van der Waals surface area contributed by atoms with Gasteiger partial charge in [-0.2, -0.15) is 23.5 Å². The lowest BCUT2D eigenvalue weighted by Gasteiger charge is -2.23. The van der Waals surface area contributed by atoms with Crippen molar-refractivity contribution in [3.63, 3.8) is 0 Å². The van der Waals surface area contributed by atoms with Crippen molar-refractivity contribution < 1.29 is 10.2 Å². The second-order valence-electron chi connectivity index (χ2n) is 13.8. The third kappa shape index (κ3) is 34.0. The lowest BCUT2D eigenvalue weighted by Crippen LogP contribution is -2.28. The number of hydrogen-bond acceptors (Lipinski definition) is 4. The van der Waals surface area contributed by atoms with E-state index >= 15 is 0 Å². The Morgan fingerprint density at radius 3 is 0.659 bits per heavy atom. The molecule has 0 aromatic carbocycles. The van der Waals surface area contributed by atoms with Gasteiger partial charge < -0.3 is 10.2 Å². The molecule has 0 aromatic rings. The molecule has 0 radical (unpaired) electrons. The minimum atomic E-state index is 0.183. The van der Waals surface area contributed by atoms with Crippen LogP contribution in [0.1, 0.15) is 219 Å². The SMILES string of the molecule is CCCCCCCCCCCCCCCCCCSC(CO)C(CO)SCCCCCCCCCCCCCCCCCC. The van der Waals surface area contributed by atoms with Gasteiger partial charge in [0.1, 0.15) is 0 Å². The summed E-state index contributed by atoms with van der Waals surface area (Å²) in [5.74, 6) is 2.25. The minimum Gasteiger partial charge on any atom is -0.395 e. The first-order valence-electron chi connectivity index (χ1n) is 20.2. The summed E-state index contributed by atoms with van der Waals surface area (Å²) in [5, 5.41) is 20.3. The number of unbranched alkanes of at least 4 members (excludes halogenated alkanes) is 30. The van der Waals surface area contributed by atoms with Crippen LogP contribution in [0.25, 0.3) is 0 Å². The van der Waals surface area contributed by atoms with Crippen LogP contribution in [-0.2, 0) is 0 Å². The van der Waals surface area contributed by atoms with Gasteiger partial charge in [0.25, 0.3) is 0 Å². The predicted octanol–water partition coefficient (Wildman–Crippen LogP) is 13.7. The van der Waals surface area contributed by atoms with Crippen LogP contribution < -0.4 is 0 Å². The van der Waals surface area contributed by atoms with E-state index in [9.17, 15) is 10.2 Å². The fourth-order valence-corrected chi connectivity index (χ4v) is 8.96. The van der Waals surface area contributed by atoms with Crippen LogP contribution in [0, 0.1) is 0 Å². The van der Waals surface area contributed by atoms with Crippen molar-refractivity contribution in [3.05, 3.63) is 0 Å². The summed E-state index contributed by atoms with van der Waals surface area (Å²) >= 11 is 3.80. The smallest absolute Gasteiger partial charge is 0.0561 e. The van der Waals surface area contributed by atoms with Crippen molar-refractivity contribution in [2.24, 2.45) is 0 Å². The molecule has 0 spiro atoms. The minimum absolute atomic E-state index is 0.183. The summed E-state index contributed by atoms with van der Waals surface area (Å²) in [7, 11) is 0. The van der Waals surface area contributed by atoms with Crippen LogP contribution in [-0.4, -0.2) is 45.4 Å². The van der Waals surface area contributed by atoms with E-state index in [2.05, 4.69) is 13.8 Å². The lowest BCUT2D eigenvalue weighted by molar-refractivity contribution is 0.253. The first-order valence-corrected chi connectivity index (χ1v) is 22.3. The Balaban J connectivity index is 3.48. The molecule has 0 aromatic heterocycles. The van der Waals surface area contributed by atoms with E-state index in [-0.39, 0.29) is 23.7 Å². The second kappa shape index (κ2) is 39.8. The highest BCUT2D eigenvalue weighted by molar-refractivity contribution is 8.03. The molecule has 0 aliphatic carbocycles. The van der Waals surface area contributed by atoms with Crippen LogP contribution in [0.5, 0.6) is 0 Å². The summed E-state index contributed by atoms with van der Waals surface area (Å²) in [5.41, 5.74) is 0. The summed E-state index contributed by atoms with van der Waals surface area (Å²) < 4.78 is 0. The van der Waals surface area contributed by atoms with Crippen LogP contribution in [0.15, 0.2) is 0 Å². The molecule has 0 fully saturated rings. The monoisotopic (exact) mass is 659 g/mol. The van der Waals surface area contributed by atoms with Crippen molar-refractivity contribution in [1.29, 1.82) is 0 Å². The fraction of sp³-hybridized carbons (Fsp3) is 1.00. The van der Waals surface area contributed by atoms with Gasteiger partial charge in [0.15, 0.2) is 0 Å². The Labute approximate surface area is 287 Å². The third-order valence-corrected chi connectivity index (χ3v) is 12.5. The normalized spacial score (nSPS) is 13.1. The van der Waals surface area contributed by atoms with E-state index in [1.54, 1.807) is 0 Å². The van der Waals surface area contributed by atoms with Gasteiger partial charge in [0.05, 0.1) is 13.2 Å². The van der Waals surface area contributed by atoms with Gasteiger partial charge in [-0.25, -0.2) is 0 Å². The van der Waals surface area contributed by atoms with Gasteiger partial charge >= 0.3 is 0 Å². The molecule has 4 heteroatoms. The maximum atomic E-state index is 9.96. The maximum absolute atomic E-state index is 9.96. The van der Waals surface area contributed by atoms with Crippen LogP contribution in [0.2, 0.25) is 0 Å². The summed E-state index contributed by atoms with van der Waals surface area (Å²) in [6.07, 6.45) is 45.0. The van der Waals surface area contributed by atoms with Gasteiger partial charge in [-0.15, -0.1) is 0 Å². The van der Waals surface area contributed by atoms with Gasteiger partial charge in [0, 0.05) is 10.5 Å². The van der Waals surface area contributed by atoms with Crippen LogP contribution in [0.4, 0.5) is 0 Å². The summed E-state index contributed by atoms with van der Waals surface area (Å²) in [6.45, 7) is 4.98. The summed E-state index contributed by atoms with van der Waals surface area (Å²) in [4.78, 5) is 0. The average molecular weight is 659 g/mol. The molecule has 0 aliphatic heterocycles. The molecule has 0 amide bonds. The molecule has 0 heterocycles. The molecule has 2 atom stereocenters. The van der Waals surface area contributed by atoms with Crippen molar-refractivity contribution in [3.8, 4) is 0 Å². The van der Waals surface area contributed by atoms with E-state index in [1.165, 1.54) is 205 Å². The Hall–Kier alpha value is 0.620. The van der Waals surface area contributed by atoms with Crippen LogP contribution in [0.3, 0.4) is 0 Å². The number of hydrogen-bond donors (Lipinski definition) is 2. The van der Waals surface area contributed by atoms with Crippen molar-refractivity contribution in [1.82, 2.24) is 0 Å². The zero-order valence-corrected chi connectivity index (χ0v) is 32.0. The van der Waals surface area contributed by atoms with Gasteiger partial charge in [-0.1, -0.05) is 206 Å². The highest BCUT2D eigenvalue weighted by Gasteiger charge is 2.20. The zero-order valence-electron chi connectivity index (χ0n) is 30.3. The largest absolute Gasteiger partial charge is 0.395 e. The quantitative estimate of drug-likeness (QED) is 0.0645. The Bertz CT molecular complexity index is 460. The molecule has 266 valence electrons. The maximum Gasteiger partial charge on any atom is 0.0561 e. The highest BCUT2D eigenvalue weighted by Crippen LogP contribution is 2.27. The Kier molecular flexibility index (Phi) is 40.4. The van der Waals surface area contributed by atoms with Crippen molar-refractivity contribution in [2.75, 3.05) is 24.7 Å². The Morgan fingerprint density at radius 1 is 0.295 bits per heavy atom. The van der Waals surface area contributed by atoms with E-state index in [0.29, 0.717) is 0 Å². The van der Waals surface area contributed by atoms with Crippen molar-refractivity contribution >= 4 is 23.5 Å². The van der Waals surface area contributed by atoms with Gasteiger partial charge in [-0.05, 0) is 24.3 Å². The lowest BCUT2D eigenvalue weighted by atomic mass is 10.0. The highest BCUT2D eigenvalue weighted by atomic mass is 32.2. The van der Waals surface area contributed by atoms with Crippen LogP contribution >= 0.6 is 23.5 Å². The molecule has 44 heavy (non-hydrogen) atoms. The fourth-order valence-electron chi connectivity index (χ4n) is 6.32. The van der Waals surface area contributed by atoms with E-state index in [0.717, 1.165) is 11.5 Å². The molecule has 2 nitrogen and oxygen atoms in total. The number of aliphatic hydroxyl groups is 2. The van der Waals surface area contributed by atoms with Gasteiger partial charge in [-0.3, -0.25) is 0 Å². The van der Waals surface area contributed by atoms with E-state index < -0.39 is 0 Å². The number of thioether (sulfide) groups is 2. The van der Waals surface area contributed by atoms with Crippen molar-refractivity contribution in [2.45, 2.75) is 230 Å². The molecule has 0 aliphatic rings. The molecule has 0 saturated heterocycles. The number of aliphatic hydroxyl groups excluding tert-OH is 2. The third-order valence-electron chi connectivity index (χ3n) is 9.43. The van der Waals surface area contributed by atoms with E-state index in [4.69, 9.17) is 0 Å². The molecular weight excluding hydrogens is 577 g/mol. The zero-order chi connectivity index (χ0) is 32.0. The average Bonchev–Trinajstić information content (AvgIpc) is 3.04. The number of rotatable bonds is 39.